The Kier molecular flexibility index (Phi) is 7.03. The van der Waals surface area contributed by atoms with Crippen molar-refractivity contribution in [2.45, 2.75) is 69.2 Å². The molecule has 14 heteroatoms. The first kappa shape index (κ1) is 27.9. The maximum absolute atomic E-state index is 13.4. The van der Waals surface area contributed by atoms with Gasteiger partial charge in [-0.05, 0) is 61.8 Å². The van der Waals surface area contributed by atoms with Crippen LogP contribution < -0.4 is 19.5 Å². The van der Waals surface area contributed by atoms with Gasteiger partial charge in [-0.25, -0.2) is 18.7 Å². The maximum atomic E-state index is 13.4. The zero-order chi connectivity index (χ0) is 28.9. The molecule has 13 nitrogen and oxygen atoms in total. The van der Waals surface area contributed by atoms with Crippen molar-refractivity contribution in [2.75, 3.05) is 13.7 Å². The van der Waals surface area contributed by atoms with Gasteiger partial charge in [-0.2, -0.15) is 8.42 Å². The number of hydrogen-bond acceptors (Lipinski definition) is 9. The second kappa shape index (κ2) is 10.1. The van der Waals surface area contributed by atoms with Crippen molar-refractivity contribution in [3.63, 3.8) is 0 Å². The number of ether oxygens (including phenoxy) is 2. The maximum Gasteiger partial charge on any atom is 0.408 e. The number of nitrogens with zero attached hydrogens (tertiary/aromatic N) is 2. The number of likely N-dealkylation sites (tertiary alicyclic amines) is 1. The minimum absolute atomic E-state index is 0.0145. The Balaban J connectivity index is 1.30. The van der Waals surface area contributed by atoms with Crippen molar-refractivity contribution in [3.8, 4) is 11.6 Å². The second-order valence-electron chi connectivity index (χ2n) is 10.8. The van der Waals surface area contributed by atoms with Crippen LogP contribution >= 0.6 is 0 Å². The third kappa shape index (κ3) is 5.50. The Labute approximate surface area is 231 Å². The molecule has 0 radical (unpaired) electrons. The summed E-state index contributed by atoms with van der Waals surface area (Å²) in [6, 6.07) is 6.00. The standard InChI is InChI=1S/C26H32N4O9S/c1-4-16-13-26(16,23(32)29-40(35,36)39-25(2)8-9-25)28-21(31)20-12-18(14-30(20)24(33)34)38-22-19-6-5-17(37-3)11-15(19)7-10-27-22/h5-7,10-11,16,18,20H,4,8-9,12-14H2,1-3H3,(H,28,31)(H,29,32)(H,33,34). The fourth-order valence-corrected chi connectivity index (χ4v) is 6.36. The number of fused-ring (bicyclic) bond motifs is 1. The van der Waals surface area contributed by atoms with Gasteiger partial charge in [-0.1, -0.05) is 13.3 Å². The van der Waals surface area contributed by atoms with E-state index in [2.05, 4.69) is 10.3 Å². The van der Waals surface area contributed by atoms with Crippen LogP contribution in [-0.2, 0) is 24.1 Å². The lowest BCUT2D eigenvalue weighted by atomic mass is 10.1. The van der Waals surface area contributed by atoms with Crippen LogP contribution in [0.2, 0.25) is 0 Å². The smallest absolute Gasteiger partial charge is 0.408 e. The SMILES string of the molecule is CCC1CC1(NC(=O)C1CC(Oc2nccc3cc(OC)ccc23)CN1C(=O)O)C(=O)NS(=O)(=O)OC1(C)CC1. The molecule has 4 unspecified atom stereocenters. The van der Waals surface area contributed by atoms with Crippen molar-refractivity contribution < 1.29 is 41.6 Å². The number of aromatic nitrogens is 1. The topological polar surface area (TPSA) is 173 Å². The number of carboxylic acid groups (broad SMARTS) is 1. The third-order valence-electron chi connectivity index (χ3n) is 7.86. The van der Waals surface area contributed by atoms with Gasteiger partial charge < -0.3 is 19.9 Å². The number of amides is 3. The van der Waals surface area contributed by atoms with E-state index in [0.717, 1.165) is 10.3 Å². The number of hydrogen-bond donors (Lipinski definition) is 3. The molecule has 40 heavy (non-hydrogen) atoms. The molecule has 1 aromatic heterocycles. The van der Waals surface area contributed by atoms with Gasteiger partial charge in [-0.3, -0.25) is 14.5 Å². The number of carbonyl (C=O) groups excluding carboxylic acids is 2. The highest BCUT2D eigenvalue weighted by Gasteiger charge is 2.62. The van der Waals surface area contributed by atoms with Gasteiger partial charge in [-0.15, -0.1) is 0 Å². The van der Waals surface area contributed by atoms with E-state index in [1.807, 2.05) is 17.7 Å². The number of benzene rings is 1. The molecular weight excluding hydrogens is 544 g/mol. The second-order valence-corrected chi connectivity index (χ2v) is 12.1. The van der Waals surface area contributed by atoms with Crippen molar-refractivity contribution in [3.05, 3.63) is 30.5 Å². The Bertz CT molecular complexity index is 1460. The molecule has 2 aromatic rings. The van der Waals surface area contributed by atoms with E-state index >= 15 is 0 Å². The molecule has 3 amide bonds. The fraction of sp³-hybridized carbons (Fsp3) is 0.538. The minimum atomic E-state index is -4.39. The zero-order valence-corrected chi connectivity index (χ0v) is 23.2. The Morgan fingerprint density at radius 3 is 2.60 bits per heavy atom. The number of methoxy groups -OCH3 is 1. The summed E-state index contributed by atoms with van der Waals surface area (Å²) in [5.41, 5.74) is -2.31. The van der Waals surface area contributed by atoms with E-state index < -0.39 is 51.5 Å². The molecule has 2 heterocycles. The molecule has 3 aliphatic rings. The molecule has 5 rings (SSSR count). The first-order chi connectivity index (χ1) is 18.9. The molecule has 2 aliphatic carbocycles. The van der Waals surface area contributed by atoms with Crippen LogP contribution in [0.4, 0.5) is 4.79 Å². The molecule has 0 bridgehead atoms. The van der Waals surface area contributed by atoms with Gasteiger partial charge in [0.2, 0.25) is 11.8 Å². The van der Waals surface area contributed by atoms with Crippen LogP contribution in [0.15, 0.2) is 30.5 Å². The number of pyridine rings is 1. The lowest BCUT2D eigenvalue weighted by Gasteiger charge is -2.25. The van der Waals surface area contributed by atoms with Crippen molar-refractivity contribution in [1.82, 2.24) is 19.9 Å². The van der Waals surface area contributed by atoms with Crippen molar-refractivity contribution in [2.24, 2.45) is 5.92 Å². The molecule has 1 aromatic carbocycles. The van der Waals surface area contributed by atoms with Crippen LogP contribution in [0.3, 0.4) is 0 Å². The van der Waals surface area contributed by atoms with E-state index in [-0.39, 0.29) is 31.2 Å². The van der Waals surface area contributed by atoms with Gasteiger partial charge in [0.05, 0.1) is 19.3 Å². The molecule has 3 fully saturated rings. The predicted molar refractivity (Wildman–Crippen MR) is 141 cm³/mol. The Morgan fingerprint density at radius 1 is 1.23 bits per heavy atom. The quantitative estimate of drug-likeness (QED) is 0.379. The highest BCUT2D eigenvalue weighted by Crippen LogP contribution is 2.47. The van der Waals surface area contributed by atoms with E-state index in [4.69, 9.17) is 13.7 Å². The average Bonchev–Trinajstić information content (AvgIpc) is 3.76. The normalized spacial score (nSPS) is 26.7. The Hall–Kier alpha value is -3.65. The summed E-state index contributed by atoms with van der Waals surface area (Å²) < 4.78 is 43.2. The first-order valence-corrected chi connectivity index (χ1v) is 14.5. The monoisotopic (exact) mass is 576 g/mol. The lowest BCUT2D eigenvalue weighted by Crippen LogP contribution is -2.56. The molecule has 1 saturated heterocycles. The average molecular weight is 577 g/mol. The summed E-state index contributed by atoms with van der Waals surface area (Å²) in [5.74, 6) is -0.978. The van der Waals surface area contributed by atoms with E-state index in [1.54, 1.807) is 38.4 Å². The Morgan fingerprint density at radius 2 is 1.98 bits per heavy atom. The molecule has 0 spiro atoms. The molecule has 2 saturated carbocycles. The first-order valence-electron chi connectivity index (χ1n) is 13.1. The third-order valence-corrected chi connectivity index (χ3v) is 8.91. The predicted octanol–water partition coefficient (Wildman–Crippen LogP) is 1.96. The van der Waals surface area contributed by atoms with Crippen LogP contribution in [-0.4, -0.2) is 78.3 Å². The van der Waals surface area contributed by atoms with Gasteiger partial charge >= 0.3 is 16.4 Å². The highest BCUT2D eigenvalue weighted by atomic mass is 32.2. The molecule has 216 valence electrons. The van der Waals surface area contributed by atoms with E-state index in [9.17, 15) is 27.9 Å². The highest BCUT2D eigenvalue weighted by molar-refractivity contribution is 7.85. The number of nitrogens with one attached hydrogen (secondary N) is 2. The summed E-state index contributed by atoms with van der Waals surface area (Å²) in [5, 5.41) is 14.0. The van der Waals surface area contributed by atoms with Gasteiger partial charge in [0.1, 0.15) is 23.4 Å². The van der Waals surface area contributed by atoms with Gasteiger partial charge in [0, 0.05) is 18.0 Å². The number of carbonyl (C=O) groups is 3. The van der Waals surface area contributed by atoms with E-state index in [1.165, 1.54) is 0 Å². The fourth-order valence-electron chi connectivity index (χ4n) is 5.21. The van der Waals surface area contributed by atoms with Gasteiger partial charge in [0.25, 0.3) is 5.91 Å². The zero-order valence-electron chi connectivity index (χ0n) is 22.4. The van der Waals surface area contributed by atoms with E-state index in [0.29, 0.717) is 30.4 Å². The van der Waals surface area contributed by atoms with Crippen LogP contribution in [0.25, 0.3) is 10.8 Å². The van der Waals surface area contributed by atoms with Crippen LogP contribution in [0.1, 0.15) is 46.0 Å². The minimum Gasteiger partial charge on any atom is -0.497 e. The lowest BCUT2D eigenvalue weighted by molar-refractivity contribution is -0.131. The number of rotatable bonds is 10. The van der Waals surface area contributed by atoms with Crippen molar-refractivity contribution >= 4 is 39.0 Å². The molecule has 1 aliphatic heterocycles. The van der Waals surface area contributed by atoms with Crippen molar-refractivity contribution in [1.29, 1.82) is 0 Å². The summed E-state index contributed by atoms with van der Waals surface area (Å²) >= 11 is 0. The molecule has 3 N–H and O–H groups in total. The van der Waals surface area contributed by atoms with Gasteiger partial charge in [0.15, 0.2) is 0 Å². The van der Waals surface area contributed by atoms with Crippen LogP contribution in [0.5, 0.6) is 11.6 Å². The summed E-state index contributed by atoms with van der Waals surface area (Å²) in [6.07, 6.45) is 1.40. The largest absolute Gasteiger partial charge is 0.497 e. The summed E-state index contributed by atoms with van der Waals surface area (Å²) in [6.45, 7) is 3.35. The molecule has 4 atom stereocenters. The summed E-state index contributed by atoms with van der Waals surface area (Å²) in [7, 11) is -2.83. The summed E-state index contributed by atoms with van der Waals surface area (Å²) in [4.78, 5) is 43.8. The molecular formula is C26H32N4O9S. The van der Waals surface area contributed by atoms with Crippen LogP contribution in [0, 0.1) is 5.92 Å².